The molecule has 1 saturated heterocycles. The summed E-state index contributed by atoms with van der Waals surface area (Å²) >= 11 is 0. The molecule has 0 aliphatic carbocycles. The van der Waals surface area contributed by atoms with Gasteiger partial charge in [0.25, 0.3) is 5.91 Å². The maximum atomic E-state index is 12.7. The Hall–Kier alpha value is -2.32. The Morgan fingerprint density at radius 2 is 2.17 bits per heavy atom. The van der Waals surface area contributed by atoms with Gasteiger partial charge in [-0.3, -0.25) is 9.48 Å². The molecule has 0 radical (unpaired) electrons. The van der Waals surface area contributed by atoms with Crippen LogP contribution in [0.5, 0.6) is 0 Å². The normalized spacial score (nSPS) is 19.1. The minimum atomic E-state index is -4.44. The Morgan fingerprint density at radius 1 is 1.39 bits per heavy atom. The van der Waals surface area contributed by atoms with Crippen molar-refractivity contribution in [3.8, 4) is 0 Å². The number of carbonyl (C=O) groups excluding carboxylic acids is 1. The summed E-state index contributed by atoms with van der Waals surface area (Å²) < 4.78 is 39.5. The highest BCUT2D eigenvalue weighted by molar-refractivity contribution is 5.93. The van der Waals surface area contributed by atoms with E-state index in [1.807, 2.05) is 0 Å². The van der Waals surface area contributed by atoms with Crippen molar-refractivity contribution in [3.05, 3.63) is 35.7 Å². The Kier molecular flexibility index (Phi) is 3.87. The third kappa shape index (κ3) is 3.22. The van der Waals surface area contributed by atoms with Crippen LogP contribution in [0.3, 0.4) is 0 Å². The lowest BCUT2D eigenvalue weighted by atomic mass is 9.97. The van der Waals surface area contributed by atoms with Gasteiger partial charge in [0.05, 0.1) is 18.0 Å². The fourth-order valence-corrected chi connectivity index (χ4v) is 2.79. The Morgan fingerprint density at radius 3 is 2.78 bits per heavy atom. The monoisotopic (exact) mass is 327 g/mol. The molecule has 3 heterocycles. The van der Waals surface area contributed by atoms with Crippen molar-refractivity contribution in [2.24, 2.45) is 7.05 Å². The van der Waals surface area contributed by atoms with Crippen molar-refractivity contribution in [1.29, 1.82) is 0 Å². The van der Waals surface area contributed by atoms with Crippen LogP contribution in [0.2, 0.25) is 0 Å². The lowest BCUT2D eigenvalue weighted by molar-refractivity contribution is -0.141. The van der Waals surface area contributed by atoms with Crippen LogP contribution in [0.25, 0.3) is 0 Å². The number of H-pyrrole nitrogens is 1. The molecule has 0 saturated carbocycles. The van der Waals surface area contributed by atoms with Crippen molar-refractivity contribution in [1.82, 2.24) is 24.6 Å². The van der Waals surface area contributed by atoms with E-state index in [1.165, 1.54) is 10.9 Å². The van der Waals surface area contributed by atoms with Crippen LogP contribution < -0.4 is 0 Å². The summed E-state index contributed by atoms with van der Waals surface area (Å²) in [6.07, 6.45) is 0.893. The van der Waals surface area contributed by atoms with Gasteiger partial charge in [0, 0.05) is 32.3 Å². The first-order valence-electron chi connectivity index (χ1n) is 7.24. The molecule has 3 rings (SSSR count). The van der Waals surface area contributed by atoms with Gasteiger partial charge in [-0.2, -0.15) is 18.3 Å². The van der Waals surface area contributed by atoms with Gasteiger partial charge < -0.3 is 9.88 Å². The summed E-state index contributed by atoms with van der Waals surface area (Å²) in [5, 5.41) is 3.97. The van der Waals surface area contributed by atoms with E-state index in [-0.39, 0.29) is 17.6 Å². The summed E-state index contributed by atoms with van der Waals surface area (Å²) in [6.45, 7) is 0.926. The van der Waals surface area contributed by atoms with Crippen molar-refractivity contribution in [3.63, 3.8) is 0 Å². The van der Waals surface area contributed by atoms with E-state index in [0.29, 0.717) is 25.1 Å². The number of hydrogen-bond donors (Lipinski definition) is 1. The molecule has 0 spiro atoms. The number of hydrogen-bond acceptors (Lipinski definition) is 3. The summed E-state index contributed by atoms with van der Waals surface area (Å²) in [4.78, 5) is 20.2. The van der Waals surface area contributed by atoms with Crippen molar-refractivity contribution < 1.29 is 18.0 Å². The van der Waals surface area contributed by atoms with Gasteiger partial charge in [-0.25, -0.2) is 4.98 Å². The molecule has 23 heavy (non-hydrogen) atoms. The molecule has 1 amide bonds. The first kappa shape index (κ1) is 15.6. The zero-order chi connectivity index (χ0) is 16.6. The van der Waals surface area contributed by atoms with Gasteiger partial charge in [0.1, 0.15) is 11.5 Å². The zero-order valence-electron chi connectivity index (χ0n) is 12.5. The molecule has 1 atom stereocenters. The number of likely N-dealkylation sites (tertiary alicyclic amines) is 1. The lowest BCUT2D eigenvalue weighted by Gasteiger charge is -2.31. The molecule has 2 aromatic heterocycles. The topological polar surface area (TPSA) is 66.8 Å². The number of nitrogens with zero attached hydrogens (tertiary/aromatic N) is 4. The van der Waals surface area contributed by atoms with E-state index in [4.69, 9.17) is 0 Å². The number of amides is 1. The van der Waals surface area contributed by atoms with Gasteiger partial charge in [-0.05, 0) is 12.8 Å². The van der Waals surface area contributed by atoms with Crippen LogP contribution >= 0.6 is 0 Å². The summed E-state index contributed by atoms with van der Waals surface area (Å²) in [5.41, 5.74) is -0.383. The van der Waals surface area contributed by atoms with Crippen LogP contribution in [-0.2, 0) is 13.2 Å². The SMILES string of the molecule is Cn1cc(C(=O)N2CCCC(c3ncc(C(F)(F)F)[nH]3)C2)cn1. The average molecular weight is 327 g/mol. The summed E-state index contributed by atoms with van der Waals surface area (Å²) in [5.74, 6) is -0.105. The number of imidazole rings is 1. The van der Waals surface area contributed by atoms with Crippen molar-refractivity contribution in [2.45, 2.75) is 24.9 Å². The Labute approximate surface area is 130 Å². The van der Waals surface area contributed by atoms with E-state index in [0.717, 1.165) is 12.6 Å². The molecule has 1 aliphatic heterocycles. The maximum absolute atomic E-state index is 12.7. The quantitative estimate of drug-likeness (QED) is 0.919. The second kappa shape index (κ2) is 5.71. The number of alkyl halides is 3. The number of halogens is 3. The first-order valence-corrected chi connectivity index (χ1v) is 7.24. The number of carbonyl (C=O) groups is 1. The molecule has 124 valence electrons. The van der Waals surface area contributed by atoms with Crippen molar-refractivity contribution >= 4 is 5.91 Å². The smallest absolute Gasteiger partial charge is 0.338 e. The standard InChI is InChI=1S/C14H16F3N5O/c1-21-7-10(5-19-21)13(23)22-4-2-3-9(8-22)12-18-6-11(20-12)14(15,16)17/h5-7,9H,2-4,8H2,1H3,(H,18,20). The fourth-order valence-electron chi connectivity index (χ4n) is 2.79. The highest BCUT2D eigenvalue weighted by atomic mass is 19.4. The third-order valence-corrected chi connectivity index (χ3v) is 3.95. The van der Waals surface area contributed by atoms with E-state index < -0.39 is 11.9 Å². The average Bonchev–Trinajstić information content (AvgIpc) is 3.15. The Bertz CT molecular complexity index is 705. The first-order chi connectivity index (χ1) is 10.8. The van der Waals surface area contributed by atoms with Crippen LogP contribution in [0.15, 0.2) is 18.6 Å². The predicted molar refractivity (Wildman–Crippen MR) is 74.7 cm³/mol. The van der Waals surface area contributed by atoms with E-state index in [2.05, 4.69) is 15.1 Å². The van der Waals surface area contributed by atoms with Gasteiger partial charge >= 0.3 is 6.18 Å². The highest BCUT2D eigenvalue weighted by Crippen LogP contribution is 2.31. The molecule has 0 bridgehead atoms. The number of piperidine rings is 1. The van der Waals surface area contributed by atoms with Crippen LogP contribution in [0.1, 0.15) is 40.6 Å². The predicted octanol–water partition coefficient (Wildman–Crippen LogP) is 2.18. The number of aryl methyl sites for hydroxylation is 1. The zero-order valence-corrected chi connectivity index (χ0v) is 12.5. The molecular formula is C14H16F3N5O. The second-order valence-electron chi connectivity index (χ2n) is 5.67. The molecule has 1 fully saturated rings. The van der Waals surface area contributed by atoms with E-state index in [9.17, 15) is 18.0 Å². The molecule has 1 unspecified atom stereocenters. The largest absolute Gasteiger partial charge is 0.432 e. The molecule has 1 aliphatic rings. The number of nitrogens with one attached hydrogen (secondary N) is 1. The van der Waals surface area contributed by atoms with Gasteiger partial charge in [0.2, 0.25) is 0 Å². The van der Waals surface area contributed by atoms with Crippen LogP contribution in [0, 0.1) is 0 Å². The van der Waals surface area contributed by atoms with E-state index in [1.54, 1.807) is 18.1 Å². The van der Waals surface area contributed by atoms with Gasteiger partial charge in [-0.15, -0.1) is 0 Å². The molecule has 6 nitrogen and oxygen atoms in total. The highest BCUT2D eigenvalue weighted by Gasteiger charge is 2.35. The molecule has 1 N–H and O–H groups in total. The third-order valence-electron chi connectivity index (χ3n) is 3.95. The van der Waals surface area contributed by atoms with Gasteiger partial charge in [0.15, 0.2) is 0 Å². The maximum Gasteiger partial charge on any atom is 0.432 e. The molecule has 2 aromatic rings. The summed E-state index contributed by atoms with van der Waals surface area (Å²) in [7, 11) is 1.72. The molecular weight excluding hydrogens is 311 g/mol. The number of aromatic nitrogens is 4. The number of aromatic amines is 1. The van der Waals surface area contributed by atoms with Crippen LogP contribution in [-0.4, -0.2) is 43.6 Å². The fraction of sp³-hybridized carbons (Fsp3) is 0.500. The minimum Gasteiger partial charge on any atom is -0.338 e. The minimum absolute atomic E-state index is 0.162. The molecule has 9 heteroatoms. The van der Waals surface area contributed by atoms with Crippen molar-refractivity contribution in [2.75, 3.05) is 13.1 Å². The van der Waals surface area contributed by atoms with E-state index >= 15 is 0 Å². The summed E-state index contributed by atoms with van der Waals surface area (Å²) in [6, 6.07) is 0. The second-order valence-corrected chi connectivity index (χ2v) is 5.67. The number of rotatable bonds is 2. The van der Waals surface area contributed by atoms with Crippen LogP contribution in [0.4, 0.5) is 13.2 Å². The molecule has 0 aromatic carbocycles. The Balaban J connectivity index is 1.73. The lowest BCUT2D eigenvalue weighted by Crippen LogP contribution is -2.39. The van der Waals surface area contributed by atoms with Gasteiger partial charge in [-0.1, -0.05) is 0 Å².